The highest BCUT2D eigenvalue weighted by Gasteiger charge is 2.48. The summed E-state index contributed by atoms with van der Waals surface area (Å²) in [7, 11) is 1.76. The van der Waals surface area contributed by atoms with Crippen molar-refractivity contribution in [2.24, 2.45) is 12.2 Å². The van der Waals surface area contributed by atoms with Crippen molar-refractivity contribution >= 4 is 16.9 Å². The van der Waals surface area contributed by atoms with Crippen LogP contribution in [0.3, 0.4) is 0 Å². The molecule has 0 N–H and O–H groups in total. The minimum absolute atomic E-state index is 0.162. The molecular formula is C26H25FN6O3. The summed E-state index contributed by atoms with van der Waals surface area (Å²) in [6, 6.07) is 19.4. The van der Waals surface area contributed by atoms with E-state index < -0.39 is 24.5 Å². The summed E-state index contributed by atoms with van der Waals surface area (Å²) in [6.07, 6.45) is -0.863. The van der Waals surface area contributed by atoms with Crippen molar-refractivity contribution in [2.45, 2.75) is 37.7 Å². The van der Waals surface area contributed by atoms with E-state index in [0.29, 0.717) is 23.2 Å². The van der Waals surface area contributed by atoms with Crippen LogP contribution < -0.4 is 0 Å². The molecule has 1 aliphatic heterocycles. The highest BCUT2D eigenvalue weighted by Crippen LogP contribution is 2.41. The normalized spacial score (nSPS) is 21.5. The fraction of sp³-hybridized carbons (Fsp3) is 0.308. The first-order chi connectivity index (χ1) is 17.7. The van der Waals surface area contributed by atoms with Crippen LogP contribution in [-0.4, -0.2) is 39.5 Å². The quantitative estimate of drug-likeness (QED) is 0.176. The second-order valence-electron chi connectivity index (χ2n) is 8.58. The number of halogens is 1. The Morgan fingerprint density at radius 3 is 2.44 bits per heavy atom. The van der Waals surface area contributed by atoms with Crippen LogP contribution in [0.1, 0.15) is 22.8 Å². The topological polar surface area (TPSA) is 107 Å². The molecule has 4 atom stereocenters. The smallest absolute Gasteiger partial charge is 0.159 e. The first kappa shape index (κ1) is 23.9. The molecule has 5 rings (SSSR count). The molecule has 0 amide bonds. The van der Waals surface area contributed by atoms with Gasteiger partial charge in [0.25, 0.3) is 0 Å². The highest BCUT2D eigenvalue weighted by atomic mass is 19.1. The second-order valence-corrected chi connectivity index (χ2v) is 8.58. The van der Waals surface area contributed by atoms with Gasteiger partial charge < -0.3 is 18.8 Å². The monoisotopic (exact) mass is 488 g/mol. The number of aryl methyl sites for hydroxylation is 1. The maximum atomic E-state index is 16.0. The largest absolute Gasteiger partial charge is 0.374 e. The van der Waals surface area contributed by atoms with Gasteiger partial charge in [0, 0.05) is 23.7 Å². The Morgan fingerprint density at radius 2 is 1.75 bits per heavy atom. The molecule has 9 nitrogen and oxygen atoms in total. The average molecular weight is 489 g/mol. The maximum Gasteiger partial charge on any atom is 0.159 e. The predicted octanol–water partition coefficient (Wildman–Crippen LogP) is 5.49. The van der Waals surface area contributed by atoms with Gasteiger partial charge in [-0.25, -0.2) is 14.4 Å². The summed E-state index contributed by atoms with van der Waals surface area (Å²) in [5.41, 5.74) is 12.4. The van der Waals surface area contributed by atoms with Crippen LogP contribution in [0, 0.1) is 0 Å². The molecule has 2 aromatic carbocycles. The zero-order valence-electron chi connectivity index (χ0n) is 19.6. The molecule has 1 fully saturated rings. The maximum absolute atomic E-state index is 16.0. The van der Waals surface area contributed by atoms with Crippen LogP contribution in [0.2, 0.25) is 0 Å². The zero-order chi connectivity index (χ0) is 24.9. The summed E-state index contributed by atoms with van der Waals surface area (Å²) >= 11 is 0. The van der Waals surface area contributed by atoms with Crippen molar-refractivity contribution in [3.05, 3.63) is 100 Å². The van der Waals surface area contributed by atoms with Gasteiger partial charge in [-0.3, -0.25) is 0 Å². The van der Waals surface area contributed by atoms with E-state index in [0.717, 1.165) is 11.1 Å². The summed E-state index contributed by atoms with van der Waals surface area (Å²) in [4.78, 5) is 11.2. The number of alkyl halides is 1. The van der Waals surface area contributed by atoms with Gasteiger partial charge in [-0.05, 0) is 21.8 Å². The van der Waals surface area contributed by atoms with E-state index >= 15 is 4.39 Å². The Kier molecular flexibility index (Phi) is 7.20. The van der Waals surface area contributed by atoms with Crippen LogP contribution in [0.25, 0.3) is 21.5 Å². The molecule has 4 aromatic rings. The lowest BCUT2D eigenvalue weighted by Crippen LogP contribution is -2.34. The van der Waals surface area contributed by atoms with Crippen molar-refractivity contribution in [2.75, 3.05) is 6.61 Å². The summed E-state index contributed by atoms with van der Waals surface area (Å²) in [5.74, 6) is 0.171. The minimum atomic E-state index is -1.47. The minimum Gasteiger partial charge on any atom is -0.374 e. The van der Waals surface area contributed by atoms with E-state index in [1.54, 1.807) is 17.8 Å². The van der Waals surface area contributed by atoms with E-state index in [2.05, 4.69) is 20.0 Å². The fourth-order valence-electron chi connectivity index (χ4n) is 4.49. The molecule has 0 saturated carbocycles. The molecule has 2 aromatic heterocycles. The average Bonchev–Trinajstić information content (AvgIpc) is 3.40. The van der Waals surface area contributed by atoms with Crippen molar-refractivity contribution in [3.63, 3.8) is 0 Å². The lowest BCUT2D eigenvalue weighted by Gasteiger charge is -2.20. The number of hydrogen-bond donors (Lipinski definition) is 0. The van der Waals surface area contributed by atoms with Gasteiger partial charge in [0.2, 0.25) is 0 Å². The van der Waals surface area contributed by atoms with E-state index in [4.69, 9.17) is 19.7 Å². The Labute approximate surface area is 207 Å². The van der Waals surface area contributed by atoms with Gasteiger partial charge >= 0.3 is 0 Å². The van der Waals surface area contributed by atoms with Crippen molar-refractivity contribution in [1.82, 2.24) is 14.5 Å². The van der Waals surface area contributed by atoms with Gasteiger partial charge in [0.05, 0.1) is 30.9 Å². The Balaban J connectivity index is 1.40. The van der Waals surface area contributed by atoms with Crippen LogP contribution in [0.5, 0.6) is 0 Å². The molecule has 36 heavy (non-hydrogen) atoms. The molecule has 184 valence electrons. The molecule has 0 spiro atoms. The third-order valence-electron chi connectivity index (χ3n) is 6.18. The van der Waals surface area contributed by atoms with E-state index in [1.165, 1.54) is 6.33 Å². The van der Waals surface area contributed by atoms with Gasteiger partial charge in [-0.2, -0.15) is 0 Å². The number of hydrogen-bond acceptors (Lipinski definition) is 6. The lowest BCUT2D eigenvalue weighted by atomic mass is 10.0. The van der Waals surface area contributed by atoms with Gasteiger partial charge in [-0.15, -0.1) is 0 Å². The van der Waals surface area contributed by atoms with E-state index in [9.17, 15) is 0 Å². The number of rotatable bonds is 9. The summed E-state index contributed by atoms with van der Waals surface area (Å²) in [5, 5.41) is 3.65. The number of fused-ring (bicyclic) bond motifs is 1. The molecule has 3 heterocycles. The van der Waals surface area contributed by atoms with Gasteiger partial charge in [0.1, 0.15) is 24.6 Å². The number of benzene rings is 2. The Morgan fingerprint density at radius 1 is 1.06 bits per heavy atom. The number of ether oxygens (including phenoxy) is 3. The lowest BCUT2D eigenvalue weighted by molar-refractivity contribution is -0.0736. The van der Waals surface area contributed by atoms with Crippen molar-refractivity contribution in [3.8, 4) is 0 Å². The number of azide groups is 1. The van der Waals surface area contributed by atoms with E-state index in [1.807, 2.05) is 60.7 Å². The Hall–Kier alpha value is -3.82. The summed E-state index contributed by atoms with van der Waals surface area (Å²) < 4.78 is 35.9. The van der Waals surface area contributed by atoms with Crippen LogP contribution >= 0.6 is 0 Å². The van der Waals surface area contributed by atoms with Crippen LogP contribution in [0.15, 0.2) is 78.3 Å². The van der Waals surface area contributed by atoms with Crippen molar-refractivity contribution in [1.29, 1.82) is 0 Å². The second kappa shape index (κ2) is 10.8. The third-order valence-corrected chi connectivity index (χ3v) is 6.18. The molecular weight excluding hydrogens is 463 g/mol. The standard InChI is InChI=1S/C26H25FN6O3/c1-33-12-19(22-23(33)26(31-32-28)30-16-29-22)24-21(27)25(35-14-18-10-6-3-7-11-18)20(36-24)15-34-13-17-8-4-2-5-9-17/h2-12,16,20-21,24-25H,13-15H2,1H3/t20-,21+,24+,25-/m1/s1. The van der Waals surface area contributed by atoms with Gasteiger partial charge in [-0.1, -0.05) is 60.7 Å². The SMILES string of the molecule is Cn1cc([C@@H]2O[C@H](COCc3ccccc3)[C@@H](OCc3ccccc3)[C@H]2F)c2ncnc(N=[N+]=[N-])c21. The predicted molar refractivity (Wildman–Crippen MR) is 131 cm³/mol. The van der Waals surface area contributed by atoms with Gasteiger partial charge in [0.15, 0.2) is 12.0 Å². The molecule has 0 bridgehead atoms. The number of nitrogens with zero attached hydrogens (tertiary/aromatic N) is 6. The highest BCUT2D eigenvalue weighted by molar-refractivity contribution is 5.88. The molecule has 1 saturated heterocycles. The van der Waals surface area contributed by atoms with E-state index in [-0.39, 0.29) is 19.0 Å². The molecule has 10 heteroatoms. The fourth-order valence-corrected chi connectivity index (χ4v) is 4.49. The zero-order valence-corrected chi connectivity index (χ0v) is 19.6. The van der Waals surface area contributed by atoms with Crippen molar-refractivity contribution < 1.29 is 18.6 Å². The molecule has 0 aliphatic carbocycles. The molecule has 0 radical (unpaired) electrons. The first-order valence-electron chi connectivity index (χ1n) is 11.6. The number of aromatic nitrogens is 3. The first-order valence-corrected chi connectivity index (χ1v) is 11.6. The van der Waals surface area contributed by atoms with Crippen LogP contribution in [-0.2, 0) is 34.5 Å². The third kappa shape index (κ3) is 4.93. The van der Waals surface area contributed by atoms with Crippen LogP contribution in [0.4, 0.5) is 10.2 Å². The summed E-state index contributed by atoms with van der Waals surface area (Å²) in [6.45, 7) is 0.787. The Bertz CT molecular complexity index is 1360. The molecule has 0 unspecified atom stereocenters. The molecule has 1 aliphatic rings.